The summed E-state index contributed by atoms with van der Waals surface area (Å²) in [5, 5.41) is 8.21. The lowest BCUT2D eigenvalue weighted by Gasteiger charge is -2.17. The van der Waals surface area contributed by atoms with Gasteiger partial charge in [-0.2, -0.15) is 0 Å². The van der Waals surface area contributed by atoms with Crippen molar-refractivity contribution < 1.29 is 23.9 Å². The maximum atomic E-state index is 12.9. The molecule has 0 aliphatic rings. The van der Waals surface area contributed by atoms with Crippen LogP contribution < -0.4 is 31.2 Å². The van der Waals surface area contributed by atoms with Crippen LogP contribution in [0.2, 0.25) is 0 Å². The van der Waals surface area contributed by atoms with Crippen molar-refractivity contribution in [2.24, 2.45) is 5.73 Å². The molecule has 9 nitrogen and oxygen atoms in total. The van der Waals surface area contributed by atoms with Crippen molar-refractivity contribution in [2.45, 2.75) is 12.8 Å². The zero-order chi connectivity index (χ0) is 24.7. The van der Waals surface area contributed by atoms with Crippen LogP contribution in [0.15, 0.2) is 66.7 Å². The van der Waals surface area contributed by atoms with Crippen LogP contribution in [0.4, 0.5) is 21.9 Å². The number of methoxy groups -OCH3 is 2. The van der Waals surface area contributed by atoms with Crippen molar-refractivity contribution >= 4 is 34.9 Å². The molecule has 5 N–H and O–H groups in total. The number of carbonyl (C=O) groups is 3. The SMILES string of the molecule is COc1cc(NC(=O)C(C)c2ccc(NC(=O)Nc3ccccc3)cc2)c(C(N)=O)cc1OC. The number of benzene rings is 3. The topological polar surface area (TPSA) is 132 Å². The van der Waals surface area contributed by atoms with Crippen LogP contribution in [0.1, 0.15) is 28.8 Å². The summed E-state index contributed by atoms with van der Waals surface area (Å²) in [6.45, 7) is 1.73. The Balaban J connectivity index is 1.69. The molecule has 34 heavy (non-hydrogen) atoms. The molecule has 0 aromatic heterocycles. The van der Waals surface area contributed by atoms with E-state index >= 15 is 0 Å². The van der Waals surface area contributed by atoms with Gasteiger partial charge in [-0.25, -0.2) is 4.79 Å². The van der Waals surface area contributed by atoms with E-state index in [1.54, 1.807) is 43.3 Å². The molecule has 0 bridgehead atoms. The minimum atomic E-state index is -0.715. The van der Waals surface area contributed by atoms with E-state index in [2.05, 4.69) is 16.0 Å². The lowest BCUT2D eigenvalue weighted by Crippen LogP contribution is -2.22. The fourth-order valence-corrected chi connectivity index (χ4v) is 3.25. The Morgan fingerprint density at radius 1 is 0.794 bits per heavy atom. The summed E-state index contributed by atoms with van der Waals surface area (Å²) in [5.41, 5.74) is 7.75. The number of ether oxygens (including phenoxy) is 2. The third-order valence-electron chi connectivity index (χ3n) is 5.14. The number of hydrogen-bond acceptors (Lipinski definition) is 5. The van der Waals surface area contributed by atoms with Gasteiger partial charge in [0, 0.05) is 17.4 Å². The van der Waals surface area contributed by atoms with Crippen LogP contribution in [0.5, 0.6) is 11.5 Å². The van der Waals surface area contributed by atoms with Gasteiger partial charge in [0.1, 0.15) is 0 Å². The van der Waals surface area contributed by atoms with Crippen LogP contribution in [-0.2, 0) is 4.79 Å². The van der Waals surface area contributed by atoms with Gasteiger partial charge in [0.15, 0.2) is 11.5 Å². The molecule has 3 aromatic rings. The van der Waals surface area contributed by atoms with Gasteiger partial charge in [0.05, 0.1) is 31.4 Å². The number of carbonyl (C=O) groups excluding carboxylic acids is 3. The maximum Gasteiger partial charge on any atom is 0.323 e. The molecule has 1 atom stereocenters. The second-order valence-electron chi connectivity index (χ2n) is 7.40. The number of anilines is 3. The maximum absolute atomic E-state index is 12.9. The van der Waals surface area contributed by atoms with E-state index in [-0.39, 0.29) is 23.2 Å². The number of amides is 4. The van der Waals surface area contributed by atoms with Gasteiger partial charge >= 0.3 is 6.03 Å². The first-order chi connectivity index (χ1) is 16.3. The highest BCUT2D eigenvalue weighted by Gasteiger charge is 2.20. The molecule has 0 aliphatic carbocycles. The van der Waals surface area contributed by atoms with Gasteiger partial charge in [0.25, 0.3) is 5.91 Å². The highest BCUT2D eigenvalue weighted by molar-refractivity contribution is 6.05. The molecule has 0 fully saturated rings. The predicted molar refractivity (Wildman–Crippen MR) is 131 cm³/mol. The van der Waals surface area contributed by atoms with Crippen LogP contribution >= 0.6 is 0 Å². The molecule has 176 valence electrons. The van der Waals surface area contributed by atoms with Crippen LogP contribution in [0, 0.1) is 0 Å². The Morgan fingerprint density at radius 3 is 1.91 bits per heavy atom. The second-order valence-corrected chi connectivity index (χ2v) is 7.40. The summed E-state index contributed by atoms with van der Waals surface area (Å²) < 4.78 is 10.4. The Hall–Kier alpha value is -4.53. The molecule has 0 heterocycles. The summed E-state index contributed by atoms with van der Waals surface area (Å²) in [7, 11) is 2.89. The molecule has 0 saturated carbocycles. The van der Waals surface area contributed by atoms with Crippen LogP contribution in [0.3, 0.4) is 0 Å². The standard InChI is InChI=1S/C25H26N4O5/c1-15(24(31)29-20-14-22(34-3)21(33-2)13-19(20)23(26)30)16-9-11-18(12-10-16)28-25(32)27-17-7-5-4-6-8-17/h4-15H,1-3H3,(H2,26,30)(H,29,31)(H2,27,28,32). The first-order valence-electron chi connectivity index (χ1n) is 10.4. The summed E-state index contributed by atoms with van der Waals surface area (Å²) in [4.78, 5) is 36.9. The lowest BCUT2D eigenvalue weighted by molar-refractivity contribution is -0.117. The number of para-hydroxylation sites is 1. The van der Waals surface area contributed by atoms with Gasteiger partial charge in [-0.05, 0) is 42.8 Å². The highest BCUT2D eigenvalue weighted by Crippen LogP contribution is 2.34. The number of nitrogens with two attached hydrogens (primary N) is 1. The molecule has 0 radical (unpaired) electrons. The summed E-state index contributed by atoms with van der Waals surface area (Å²) >= 11 is 0. The molecule has 4 amide bonds. The zero-order valence-corrected chi connectivity index (χ0v) is 19.0. The molecule has 3 aromatic carbocycles. The largest absolute Gasteiger partial charge is 0.493 e. The zero-order valence-electron chi connectivity index (χ0n) is 19.0. The molecule has 0 spiro atoms. The number of urea groups is 1. The first kappa shape index (κ1) is 24.1. The highest BCUT2D eigenvalue weighted by atomic mass is 16.5. The molecule has 0 saturated heterocycles. The predicted octanol–water partition coefficient (Wildman–Crippen LogP) is 4.19. The molecular weight excluding hydrogens is 436 g/mol. The van der Waals surface area contributed by atoms with E-state index in [4.69, 9.17) is 15.2 Å². The van der Waals surface area contributed by atoms with Crippen LogP contribution in [0.25, 0.3) is 0 Å². The molecule has 3 rings (SSSR count). The van der Waals surface area contributed by atoms with Gasteiger partial charge in [-0.15, -0.1) is 0 Å². The average molecular weight is 463 g/mol. The monoisotopic (exact) mass is 462 g/mol. The fraction of sp³-hybridized carbons (Fsp3) is 0.160. The Morgan fingerprint density at radius 2 is 1.35 bits per heavy atom. The summed E-state index contributed by atoms with van der Waals surface area (Å²) in [6, 6.07) is 18.5. The van der Waals surface area contributed by atoms with Crippen molar-refractivity contribution in [1.29, 1.82) is 0 Å². The van der Waals surface area contributed by atoms with E-state index in [1.165, 1.54) is 26.4 Å². The minimum absolute atomic E-state index is 0.0992. The molecule has 1 unspecified atom stereocenters. The fourth-order valence-electron chi connectivity index (χ4n) is 3.25. The van der Waals surface area contributed by atoms with Gasteiger partial charge in [0.2, 0.25) is 5.91 Å². The minimum Gasteiger partial charge on any atom is -0.493 e. The smallest absolute Gasteiger partial charge is 0.323 e. The van der Waals surface area contributed by atoms with Gasteiger partial charge in [-0.1, -0.05) is 30.3 Å². The van der Waals surface area contributed by atoms with Crippen molar-refractivity contribution in [3.8, 4) is 11.5 Å². The van der Waals surface area contributed by atoms with Gasteiger partial charge in [-0.3, -0.25) is 9.59 Å². The van der Waals surface area contributed by atoms with Crippen molar-refractivity contribution in [1.82, 2.24) is 0 Å². The third kappa shape index (κ3) is 5.83. The second kappa shape index (κ2) is 10.9. The summed E-state index contributed by atoms with van der Waals surface area (Å²) in [6.07, 6.45) is 0. The summed E-state index contributed by atoms with van der Waals surface area (Å²) in [5.74, 6) is -0.951. The van der Waals surface area contributed by atoms with Crippen molar-refractivity contribution in [3.05, 3.63) is 77.9 Å². The van der Waals surface area contributed by atoms with Crippen molar-refractivity contribution in [2.75, 3.05) is 30.2 Å². The van der Waals surface area contributed by atoms with Crippen molar-refractivity contribution in [3.63, 3.8) is 0 Å². The van der Waals surface area contributed by atoms with Gasteiger partial charge < -0.3 is 31.2 Å². The van der Waals surface area contributed by atoms with E-state index < -0.39 is 11.8 Å². The molecule has 0 aliphatic heterocycles. The van der Waals surface area contributed by atoms with E-state index in [1.807, 2.05) is 18.2 Å². The average Bonchev–Trinajstić information content (AvgIpc) is 2.84. The number of nitrogens with one attached hydrogen (secondary N) is 3. The molecule has 9 heteroatoms. The Bertz CT molecular complexity index is 1180. The number of rotatable bonds is 8. The molecular formula is C25H26N4O5. The van der Waals surface area contributed by atoms with E-state index in [0.29, 0.717) is 28.4 Å². The normalized spacial score (nSPS) is 11.1. The number of hydrogen-bond donors (Lipinski definition) is 4. The lowest BCUT2D eigenvalue weighted by atomic mass is 9.99. The van der Waals surface area contributed by atoms with E-state index in [0.717, 1.165) is 0 Å². The van der Waals surface area contributed by atoms with Crippen LogP contribution in [-0.4, -0.2) is 32.1 Å². The first-order valence-corrected chi connectivity index (χ1v) is 10.4. The van der Waals surface area contributed by atoms with E-state index in [9.17, 15) is 14.4 Å². The quantitative estimate of drug-likeness (QED) is 0.399. The Labute approximate surface area is 197 Å². The Kier molecular flexibility index (Phi) is 7.71. The number of primary amides is 1. The third-order valence-corrected chi connectivity index (χ3v) is 5.14.